The monoisotopic (exact) mass is 250 g/mol. The first-order valence-electron chi connectivity index (χ1n) is 6.28. The Balaban J connectivity index is 1.72. The second-order valence-corrected chi connectivity index (χ2v) is 4.64. The number of rotatable bonds is 4. The molecule has 0 aliphatic heterocycles. The normalized spacial score (nSPS) is 10.7. The average molecular weight is 250 g/mol. The minimum absolute atomic E-state index is 0.214. The van der Waals surface area contributed by atoms with Crippen LogP contribution in [-0.2, 0) is 17.6 Å². The molecule has 94 valence electrons. The summed E-state index contributed by atoms with van der Waals surface area (Å²) < 4.78 is 0. The van der Waals surface area contributed by atoms with Gasteiger partial charge in [-0.1, -0.05) is 30.3 Å². The first kappa shape index (κ1) is 11.7. The van der Waals surface area contributed by atoms with Crippen LogP contribution in [0.2, 0.25) is 0 Å². The lowest BCUT2D eigenvalue weighted by Gasteiger charge is -1.99. The van der Waals surface area contributed by atoms with Crippen molar-refractivity contribution in [1.29, 1.82) is 0 Å². The highest BCUT2D eigenvalue weighted by atomic mass is 16.1. The number of pyridine rings is 1. The number of hydrogen-bond donors (Lipinski definition) is 1. The molecule has 2 heterocycles. The van der Waals surface area contributed by atoms with Gasteiger partial charge in [-0.25, -0.2) is 0 Å². The van der Waals surface area contributed by atoms with Crippen LogP contribution in [0.15, 0.2) is 54.9 Å². The molecule has 0 atom stereocenters. The van der Waals surface area contributed by atoms with Crippen LogP contribution in [0.5, 0.6) is 0 Å². The van der Waals surface area contributed by atoms with Gasteiger partial charge in [0, 0.05) is 30.1 Å². The number of nitrogens with one attached hydrogen (secondary N) is 1. The molecule has 1 aromatic carbocycles. The number of ketones is 1. The molecule has 1 N–H and O–H groups in total. The van der Waals surface area contributed by atoms with Crippen molar-refractivity contribution < 1.29 is 4.79 Å². The van der Waals surface area contributed by atoms with E-state index in [1.807, 2.05) is 42.5 Å². The van der Waals surface area contributed by atoms with Gasteiger partial charge in [0.15, 0.2) is 0 Å². The molecule has 3 aromatic rings. The fraction of sp³-hybridized carbons (Fsp3) is 0.125. The van der Waals surface area contributed by atoms with Crippen molar-refractivity contribution in [3.63, 3.8) is 0 Å². The lowest BCUT2D eigenvalue weighted by Crippen LogP contribution is -2.06. The number of Topliss-reactive ketones (excluding diaryl/α,β-unsaturated/α-hetero) is 1. The van der Waals surface area contributed by atoms with Crippen LogP contribution >= 0.6 is 0 Å². The van der Waals surface area contributed by atoms with Crippen LogP contribution in [-0.4, -0.2) is 15.8 Å². The molecule has 0 saturated heterocycles. The zero-order valence-corrected chi connectivity index (χ0v) is 10.5. The third kappa shape index (κ3) is 2.71. The molecule has 0 aliphatic rings. The van der Waals surface area contributed by atoms with Gasteiger partial charge < -0.3 is 4.98 Å². The molecular weight excluding hydrogens is 236 g/mol. The van der Waals surface area contributed by atoms with Gasteiger partial charge in [-0.2, -0.15) is 0 Å². The molecule has 0 aliphatic carbocycles. The van der Waals surface area contributed by atoms with E-state index in [4.69, 9.17) is 0 Å². The Kier molecular flexibility index (Phi) is 3.11. The summed E-state index contributed by atoms with van der Waals surface area (Å²) in [6, 6.07) is 13.8. The Labute approximate surface area is 111 Å². The second-order valence-electron chi connectivity index (χ2n) is 4.64. The second kappa shape index (κ2) is 5.06. The summed E-state index contributed by atoms with van der Waals surface area (Å²) in [5.74, 6) is 0.214. The number of nitrogens with zero attached hydrogens (tertiary/aromatic N) is 1. The van der Waals surface area contributed by atoms with Crippen LogP contribution < -0.4 is 0 Å². The van der Waals surface area contributed by atoms with Gasteiger partial charge in [0.1, 0.15) is 5.78 Å². The highest BCUT2D eigenvalue weighted by Gasteiger charge is 2.07. The van der Waals surface area contributed by atoms with Crippen LogP contribution in [0.4, 0.5) is 0 Å². The summed E-state index contributed by atoms with van der Waals surface area (Å²) in [6.45, 7) is 0. The Morgan fingerprint density at radius 2 is 1.95 bits per heavy atom. The number of carbonyl (C=O) groups excluding carboxylic acids is 1. The number of hydrogen-bond acceptors (Lipinski definition) is 2. The fourth-order valence-electron chi connectivity index (χ4n) is 2.23. The Morgan fingerprint density at radius 3 is 2.74 bits per heavy atom. The van der Waals surface area contributed by atoms with Gasteiger partial charge in [0.05, 0.1) is 11.7 Å². The van der Waals surface area contributed by atoms with E-state index in [9.17, 15) is 4.79 Å². The molecule has 19 heavy (non-hydrogen) atoms. The number of fused-ring (bicyclic) bond motifs is 1. The third-order valence-corrected chi connectivity index (χ3v) is 3.11. The molecule has 3 rings (SSSR count). The Morgan fingerprint density at radius 1 is 1.11 bits per heavy atom. The van der Waals surface area contributed by atoms with Crippen LogP contribution in [0.25, 0.3) is 10.9 Å². The van der Waals surface area contributed by atoms with Crippen molar-refractivity contribution in [3.8, 4) is 0 Å². The molecule has 3 nitrogen and oxygen atoms in total. The molecule has 0 radical (unpaired) electrons. The minimum atomic E-state index is 0.214. The van der Waals surface area contributed by atoms with Crippen LogP contribution in [0.1, 0.15) is 11.3 Å². The molecule has 2 aromatic heterocycles. The summed E-state index contributed by atoms with van der Waals surface area (Å²) in [7, 11) is 0. The molecule has 0 fully saturated rings. The highest BCUT2D eigenvalue weighted by molar-refractivity contribution is 5.85. The third-order valence-electron chi connectivity index (χ3n) is 3.11. The first-order valence-corrected chi connectivity index (χ1v) is 6.28. The summed E-state index contributed by atoms with van der Waals surface area (Å²) in [5.41, 5.74) is 2.99. The summed E-state index contributed by atoms with van der Waals surface area (Å²) in [4.78, 5) is 19.3. The standard InChI is InChI=1S/C16H14N2O/c19-15(8-12-4-2-1-3-5-12)10-14-9-13-6-7-17-11-16(13)18-14/h1-7,9,11,18H,8,10H2. The van der Waals surface area contributed by atoms with E-state index in [1.54, 1.807) is 12.4 Å². The molecular formula is C16H14N2O. The zero-order chi connectivity index (χ0) is 13.1. The maximum Gasteiger partial charge on any atom is 0.143 e. The van der Waals surface area contributed by atoms with Crippen molar-refractivity contribution in [2.75, 3.05) is 0 Å². The molecule has 0 bridgehead atoms. The molecule has 0 unspecified atom stereocenters. The molecule has 0 saturated carbocycles. The quantitative estimate of drug-likeness (QED) is 0.773. The van der Waals surface area contributed by atoms with Gasteiger partial charge >= 0.3 is 0 Å². The van der Waals surface area contributed by atoms with Gasteiger partial charge in [-0.05, 0) is 17.7 Å². The van der Waals surface area contributed by atoms with Gasteiger partial charge in [0.2, 0.25) is 0 Å². The maximum atomic E-state index is 12.0. The lowest BCUT2D eigenvalue weighted by atomic mass is 10.1. The fourth-order valence-corrected chi connectivity index (χ4v) is 2.23. The Hall–Kier alpha value is -2.42. The average Bonchev–Trinajstić information content (AvgIpc) is 2.81. The number of carbonyl (C=O) groups is 1. The number of aromatic amines is 1. The minimum Gasteiger partial charge on any atom is -0.357 e. The van der Waals surface area contributed by atoms with E-state index < -0.39 is 0 Å². The highest BCUT2D eigenvalue weighted by Crippen LogP contribution is 2.14. The van der Waals surface area contributed by atoms with Gasteiger partial charge in [0.25, 0.3) is 0 Å². The van der Waals surface area contributed by atoms with Crippen LogP contribution in [0, 0.1) is 0 Å². The number of H-pyrrole nitrogens is 1. The van der Waals surface area contributed by atoms with E-state index in [1.165, 1.54) is 0 Å². The largest absolute Gasteiger partial charge is 0.357 e. The summed E-state index contributed by atoms with van der Waals surface area (Å²) >= 11 is 0. The van der Waals surface area contributed by atoms with Gasteiger partial charge in [-0.3, -0.25) is 9.78 Å². The smallest absolute Gasteiger partial charge is 0.143 e. The van der Waals surface area contributed by atoms with E-state index >= 15 is 0 Å². The van der Waals surface area contributed by atoms with E-state index in [0.29, 0.717) is 12.8 Å². The Bertz CT molecular complexity index is 668. The van der Waals surface area contributed by atoms with Crippen molar-refractivity contribution in [2.24, 2.45) is 0 Å². The van der Waals surface area contributed by atoms with Crippen molar-refractivity contribution in [3.05, 3.63) is 66.1 Å². The van der Waals surface area contributed by atoms with E-state index in [-0.39, 0.29) is 5.78 Å². The maximum absolute atomic E-state index is 12.0. The zero-order valence-electron chi connectivity index (χ0n) is 10.5. The number of benzene rings is 1. The summed E-state index contributed by atoms with van der Waals surface area (Å²) in [6.07, 6.45) is 4.45. The lowest BCUT2D eigenvalue weighted by molar-refractivity contribution is -0.117. The van der Waals surface area contributed by atoms with E-state index in [0.717, 1.165) is 22.2 Å². The van der Waals surface area contributed by atoms with Crippen molar-refractivity contribution in [1.82, 2.24) is 9.97 Å². The first-order chi connectivity index (χ1) is 9.31. The molecule has 0 amide bonds. The SMILES string of the molecule is O=C(Cc1ccccc1)Cc1cc2ccncc2[nH]1. The predicted octanol–water partition coefficient (Wildman–Crippen LogP) is 2.92. The predicted molar refractivity (Wildman–Crippen MR) is 75.0 cm³/mol. The van der Waals surface area contributed by atoms with Crippen molar-refractivity contribution >= 4 is 16.7 Å². The molecule has 3 heteroatoms. The van der Waals surface area contributed by atoms with Gasteiger partial charge in [-0.15, -0.1) is 0 Å². The molecule has 0 spiro atoms. The topological polar surface area (TPSA) is 45.8 Å². The van der Waals surface area contributed by atoms with E-state index in [2.05, 4.69) is 9.97 Å². The summed E-state index contributed by atoms with van der Waals surface area (Å²) in [5, 5.41) is 1.09. The van der Waals surface area contributed by atoms with Crippen molar-refractivity contribution in [2.45, 2.75) is 12.8 Å². The van der Waals surface area contributed by atoms with Crippen LogP contribution in [0.3, 0.4) is 0 Å². The number of aromatic nitrogens is 2.